The molecule has 1 heterocycles. The average molecular weight is 317 g/mol. The van der Waals surface area contributed by atoms with Crippen LogP contribution in [0.25, 0.3) is 0 Å². The Labute approximate surface area is 134 Å². The van der Waals surface area contributed by atoms with E-state index in [9.17, 15) is 4.79 Å². The summed E-state index contributed by atoms with van der Waals surface area (Å²) in [6.07, 6.45) is 0. The first kappa shape index (κ1) is 16.3. The molecule has 0 radical (unpaired) electrons. The van der Waals surface area contributed by atoms with Gasteiger partial charge < -0.3 is 10.1 Å². The van der Waals surface area contributed by atoms with E-state index in [0.29, 0.717) is 17.5 Å². The van der Waals surface area contributed by atoms with E-state index >= 15 is 0 Å². The summed E-state index contributed by atoms with van der Waals surface area (Å²) in [6.45, 7) is 4.31. The van der Waals surface area contributed by atoms with Crippen LogP contribution in [0.4, 0.5) is 0 Å². The quantitative estimate of drug-likeness (QED) is 0.655. The zero-order chi connectivity index (χ0) is 15.9. The Morgan fingerprint density at radius 1 is 1.23 bits per heavy atom. The third-order valence-corrected chi connectivity index (χ3v) is 3.77. The highest BCUT2D eigenvalue weighted by molar-refractivity contribution is 7.99. The molecule has 1 amide bonds. The fraction of sp³-hybridized carbons (Fsp3) is 0.312. The lowest BCUT2D eigenvalue weighted by molar-refractivity contribution is -0.118. The molecule has 0 saturated carbocycles. The van der Waals surface area contributed by atoms with Crippen molar-refractivity contribution in [2.45, 2.75) is 25.5 Å². The second-order valence-electron chi connectivity index (χ2n) is 4.85. The molecule has 2 rings (SSSR count). The number of thioether (sulfide) groups is 1. The Bertz CT molecular complexity index is 641. The minimum Gasteiger partial charge on any atom is -0.497 e. The van der Waals surface area contributed by atoms with Crippen LogP contribution in [0.5, 0.6) is 5.75 Å². The van der Waals surface area contributed by atoms with Gasteiger partial charge in [0.2, 0.25) is 5.91 Å². The fourth-order valence-electron chi connectivity index (χ4n) is 1.92. The molecule has 0 bridgehead atoms. The van der Waals surface area contributed by atoms with Gasteiger partial charge in [0.25, 0.3) is 0 Å². The molecule has 0 fully saturated rings. The van der Waals surface area contributed by atoms with Crippen LogP contribution in [0, 0.1) is 13.8 Å². The zero-order valence-electron chi connectivity index (χ0n) is 12.9. The number of rotatable bonds is 6. The Morgan fingerprint density at radius 2 is 1.95 bits per heavy atom. The van der Waals surface area contributed by atoms with Gasteiger partial charge in [-0.2, -0.15) is 0 Å². The van der Waals surface area contributed by atoms with Crippen molar-refractivity contribution < 1.29 is 9.53 Å². The van der Waals surface area contributed by atoms with Gasteiger partial charge in [0.1, 0.15) is 5.75 Å². The molecule has 1 aromatic heterocycles. The van der Waals surface area contributed by atoms with Crippen LogP contribution < -0.4 is 10.1 Å². The smallest absolute Gasteiger partial charge is 0.230 e. The molecular formula is C16H19N3O2S. The molecule has 1 aromatic carbocycles. The van der Waals surface area contributed by atoms with Crippen molar-refractivity contribution in [2.24, 2.45) is 0 Å². The standard InChI is InChI=1S/C16H19N3O2S/c1-11-7-12(2)19-16(18-11)22-10-15(20)17-9-13-5-4-6-14(8-13)21-3/h4-8H,9-10H2,1-3H3,(H,17,20). The third-order valence-electron chi connectivity index (χ3n) is 2.92. The van der Waals surface area contributed by atoms with Crippen LogP contribution in [0.15, 0.2) is 35.5 Å². The van der Waals surface area contributed by atoms with Crippen LogP contribution >= 0.6 is 11.8 Å². The fourth-order valence-corrected chi connectivity index (χ4v) is 2.70. The monoisotopic (exact) mass is 317 g/mol. The Morgan fingerprint density at radius 3 is 2.64 bits per heavy atom. The highest BCUT2D eigenvalue weighted by atomic mass is 32.2. The number of amides is 1. The predicted molar refractivity (Wildman–Crippen MR) is 87.1 cm³/mol. The third kappa shape index (κ3) is 5.04. The van der Waals surface area contributed by atoms with E-state index in [4.69, 9.17) is 4.74 Å². The highest BCUT2D eigenvalue weighted by Gasteiger charge is 2.06. The number of methoxy groups -OCH3 is 1. The first-order valence-corrected chi connectivity index (χ1v) is 7.90. The van der Waals surface area contributed by atoms with Crippen molar-refractivity contribution in [3.05, 3.63) is 47.3 Å². The zero-order valence-corrected chi connectivity index (χ0v) is 13.7. The van der Waals surface area contributed by atoms with Crippen LogP contribution in [-0.2, 0) is 11.3 Å². The second-order valence-corrected chi connectivity index (χ2v) is 5.79. The number of nitrogens with zero attached hydrogens (tertiary/aromatic N) is 2. The van der Waals surface area contributed by atoms with E-state index in [1.807, 2.05) is 44.2 Å². The van der Waals surface area contributed by atoms with Crippen molar-refractivity contribution in [1.82, 2.24) is 15.3 Å². The number of aryl methyl sites for hydroxylation is 2. The van der Waals surface area contributed by atoms with E-state index in [0.717, 1.165) is 22.7 Å². The van der Waals surface area contributed by atoms with Gasteiger partial charge in [-0.05, 0) is 37.6 Å². The first-order chi connectivity index (χ1) is 10.6. The van der Waals surface area contributed by atoms with Crippen molar-refractivity contribution in [3.63, 3.8) is 0 Å². The molecule has 116 valence electrons. The molecule has 22 heavy (non-hydrogen) atoms. The number of benzene rings is 1. The van der Waals surface area contributed by atoms with Gasteiger partial charge in [0.05, 0.1) is 12.9 Å². The van der Waals surface area contributed by atoms with Crippen molar-refractivity contribution in [3.8, 4) is 5.75 Å². The van der Waals surface area contributed by atoms with Gasteiger partial charge >= 0.3 is 0 Å². The second kappa shape index (κ2) is 7.79. The minimum atomic E-state index is -0.0458. The number of ether oxygens (including phenoxy) is 1. The van der Waals surface area contributed by atoms with E-state index in [2.05, 4.69) is 15.3 Å². The van der Waals surface area contributed by atoms with Crippen molar-refractivity contribution in [2.75, 3.05) is 12.9 Å². The lowest BCUT2D eigenvalue weighted by Gasteiger charge is -2.07. The maximum Gasteiger partial charge on any atom is 0.230 e. The molecule has 0 aliphatic carbocycles. The normalized spacial score (nSPS) is 10.3. The number of aromatic nitrogens is 2. The highest BCUT2D eigenvalue weighted by Crippen LogP contribution is 2.14. The van der Waals surface area contributed by atoms with Gasteiger partial charge in [0.15, 0.2) is 5.16 Å². The predicted octanol–water partition coefficient (Wildman–Crippen LogP) is 2.51. The van der Waals surface area contributed by atoms with Gasteiger partial charge in [-0.15, -0.1) is 0 Å². The summed E-state index contributed by atoms with van der Waals surface area (Å²) in [7, 11) is 1.62. The van der Waals surface area contributed by atoms with E-state index in [-0.39, 0.29) is 5.91 Å². The molecule has 0 aliphatic rings. The summed E-state index contributed by atoms with van der Waals surface area (Å²) in [5.74, 6) is 1.03. The Hall–Kier alpha value is -2.08. The van der Waals surface area contributed by atoms with Crippen LogP contribution in [0.1, 0.15) is 17.0 Å². The number of hydrogen-bond donors (Lipinski definition) is 1. The number of carbonyl (C=O) groups is 1. The van der Waals surface area contributed by atoms with Crippen molar-refractivity contribution >= 4 is 17.7 Å². The number of carbonyl (C=O) groups excluding carboxylic acids is 1. The molecule has 0 saturated heterocycles. The topological polar surface area (TPSA) is 64.1 Å². The summed E-state index contributed by atoms with van der Waals surface area (Å²) in [5.41, 5.74) is 2.82. The largest absolute Gasteiger partial charge is 0.497 e. The Kier molecular flexibility index (Phi) is 5.77. The SMILES string of the molecule is COc1cccc(CNC(=O)CSc2nc(C)cc(C)n2)c1. The van der Waals surface area contributed by atoms with Gasteiger partial charge in [-0.3, -0.25) is 4.79 Å². The lowest BCUT2D eigenvalue weighted by atomic mass is 10.2. The summed E-state index contributed by atoms with van der Waals surface area (Å²) in [5, 5.41) is 3.51. The molecule has 0 unspecified atom stereocenters. The molecule has 0 spiro atoms. The molecule has 0 aliphatic heterocycles. The lowest BCUT2D eigenvalue weighted by Crippen LogP contribution is -2.24. The maximum absolute atomic E-state index is 11.9. The molecular weight excluding hydrogens is 298 g/mol. The van der Waals surface area contributed by atoms with Crippen molar-refractivity contribution in [1.29, 1.82) is 0 Å². The molecule has 2 aromatic rings. The minimum absolute atomic E-state index is 0.0458. The van der Waals surface area contributed by atoms with Crippen LogP contribution in [-0.4, -0.2) is 28.7 Å². The average Bonchev–Trinajstić information content (AvgIpc) is 2.50. The van der Waals surface area contributed by atoms with Gasteiger partial charge in [-0.25, -0.2) is 9.97 Å². The van der Waals surface area contributed by atoms with Gasteiger partial charge in [-0.1, -0.05) is 23.9 Å². The molecule has 1 N–H and O–H groups in total. The molecule has 0 atom stereocenters. The first-order valence-electron chi connectivity index (χ1n) is 6.91. The van der Waals surface area contributed by atoms with Crippen LogP contribution in [0.2, 0.25) is 0 Å². The summed E-state index contributed by atoms with van der Waals surface area (Å²) >= 11 is 1.34. The molecule has 6 heteroatoms. The summed E-state index contributed by atoms with van der Waals surface area (Å²) in [6, 6.07) is 9.54. The number of hydrogen-bond acceptors (Lipinski definition) is 5. The summed E-state index contributed by atoms with van der Waals surface area (Å²) < 4.78 is 5.16. The number of nitrogens with one attached hydrogen (secondary N) is 1. The van der Waals surface area contributed by atoms with Crippen LogP contribution in [0.3, 0.4) is 0 Å². The summed E-state index contributed by atoms with van der Waals surface area (Å²) in [4.78, 5) is 20.5. The van der Waals surface area contributed by atoms with E-state index in [1.54, 1.807) is 7.11 Å². The van der Waals surface area contributed by atoms with E-state index in [1.165, 1.54) is 11.8 Å². The molecule has 5 nitrogen and oxygen atoms in total. The van der Waals surface area contributed by atoms with Gasteiger partial charge in [0, 0.05) is 17.9 Å². The maximum atomic E-state index is 11.9. The van der Waals surface area contributed by atoms with E-state index < -0.39 is 0 Å². The Balaban J connectivity index is 1.82.